The maximum absolute atomic E-state index is 12.5. The minimum atomic E-state index is -3.28. The summed E-state index contributed by atoms with van der Waals surface area (Å²) in [5, 5.41) is 16.8. The van der Waals surface area contributed by atoms with Crippen LogP contribution < -0.4 is 10.2 Å². The highest BCUT2D eigenvalue weighted by molar-refractivity contribution is 9.09. The number of alkyl halides is 2. The maximum Gasteiger partial charge on any atom is 0.434 e. The van der Waals surface area contributed by atoms with Crippen molar-refractivity contribution in [2.24, 2.45) is 7.05 Å². The molecule has 0 aliphatic rings. The predicted octanol–water partition coefficient (Wildman–Crippen LogP) is 1.77. The SMILES string of the molecule is Cn1c(COP(=O)(NCCCl)NCCBr)cnc1[N+](=O)[O-]. The molecule has 1 rings (SSSR count). The van der Waals surface area contributed by atoms with E-state index in [2.05, 4.69) is 31.1 Å². The van der Waals surface area contributed by atoms with Crippen LogP contribution in [0.2, 0.25) is 0 Å². The van der Waals surface area contributed by atoms with Crippen molar-refractivity contribution >= 4 is 41.1 Å². The summed E-state index contributed by atoms with van der Waals surface area (Å²) in [7, 11) is -1.78. The van der Waals surface area contributed by atoms with E-state index < -0.39 is 12.6 Å². The fraction of sp³-hybridized carbons (Fsp3) is 0.667. The quantitative estimate of drug-likeness (QED) is 0.264. The third-order valence-electron chi connectivity index (χ3n) is 2.45. The largest absolute Gasteiger partial charge is 0.434 e. The summed E-state index contributed by atoms with van der Waals surface area (Å²) in [6.45, 7) is 0.650. The van der Waals surface area contributed by atoms with Crippen molar-refractivity contribution in [1.82, 2.24) is 19.7 Å². The van der Waals surface area contributed by atoms with Crippen molar-refractivity contribution in [3.8, 4) is 0 Å². The van der Waals surface area contributed by atoms with Gasteiger partial charge >= 0.3 is 13.6 Å². The molecular formula is C9H16BrClN5O4P. The number of nitro groups is 1. The van der Waals surface area contributed by atoms with E-state index in [1.54, 1.807) is 0 Å². The second-order valence-corrected chi connectivity index (χ2v) is 7.05. The third kappa shape index (κ3) is 5.65. The molecule has 1 aromatic rings. The first-order chi connectivity index (χ1) is 9.93. The molecule has 0 fully saturated rings. The molecule has 0 aliphatic carbocycles. The van der Waals surface area contributed by atoms with Crippen molar-refractivity contribution in [2.75, 3.05) is 24.3 Å². The highest BCUT2D eigenvalue weighted by Gasteiger charge is 2.24. The Morgan fingerprint density at radius 1 is 1.57 bits per heavy atom. The first kappa shape index (κ1) is 18.5. The fourth-order valence-corrected chi connectivity index (χ4v) is 3.57. The zero-order chi connectivity index (χ0) is 15.9. The molecule has 120 valence electrons. The second kappa shape index (κ2) is 8.82. The van der Waals surface area contributed by atoms with E-state index in [1.807, 2.05) is 0 Å². The van der Waals surface area contributed by atoms with Gasteiger partial charge in [0, 0.05) is 24.3 Å². The van der Waals surface area contributed by atoms with Crippen LogP contribution in [0, 0.1) is 10.1 Å². The van der Waals surface area contributed by atoms with Crippen molar-refractivity contribution in [3.63, 3.8) is 0 Å². The van der Waals surface area contributed by atoms with E-state index in [0.717, 1.165) is 0 Å². The van der Waals surface area contributed by atoms with Crippen molar-refractivity contribution in [3.05, 3.63) is 22.0 Å². The van der Waals surface area contributed by atoms with Crippen molar-refractivity contribution < 1.29 is 14.0 Å². The third-order valence-corrected chi connectivity index (χ3v) is 4.80. The number of rotatable bonds is 10. The predicted molar refractivity (Wildman–Crippen MR) is 82.8 cm³/mol. The lowest BCUT2D eigenvalue weighted by molar-refractivity contribution is -0.396. The molecule has 0 bridgehead atoms. The van der Waals surface area contributed by atoms with Gasteiger partial charge in [0.25, 0.3) is 0 Å². The van der Waals surface area contributed by atoms with E-state index in [1.165, 1.54) is 17.8 Å². The van der Waals surface area contributed by atoms with Gasteiger partial charge in [-0.3, -0.25) is 9.09 Å². The van der Waals surface area contributed by atoms with Gasteiger partial charge < -0.3 is 10.1 Å². The maximum atomic E-state index is 12.5. The normalized spacial score (nSPS) is 14.0. The summed E-state index contributed by atoms with van der Waals surface area (Å²) < 4.78 is 19.1. The zero-order valence-corrected chi connectivity index (χ0v) is 14.5. The number of hydrogen-bond donors (Lipinski definition) is 2. The van der Waals surface area contributed by atoms with Crippen LogP contribution in [0.25, 0.3) is 0 Å². The number of nitrogens with zero attached hydrogens (tertiary/aromatic N) is 3. The number of nitrogens with one attached hydrogen (secondary N) is 2. The average molecular weight is 405 g/mol. The van der Waals surface area contributed by atoms with Gasteiger partial charge in [0.1, 0.15) is 18.5 Å². The van der Waals surface area contributed by atoms with Crippen LogP contribution in [0.3, 0.4) is 0 Å². The molecule has 0 saturated carbocycles. The van der Waals surface area contributed by atoms with E-state index in [9.17, 15) is 14.7 Å². The summed E-state index contributed by atoms with van der Waals surface area (Å²) in [5.74, 6) is -0.0221. The lowest BCUT2D eigenvalue weighted by Crippen LogP contribution is -2.27. The molecule has 0 amide bonds. The van der Waals surface area contributed by atoms with Crippen molar-refractivity contribution in [1.29, 1.82) is 0 Å². The van der Waals surface area contributed by atoms with Gasteiger partial charge in [-0.1, -0.05) is 20.9 Å². The van der Waals surface area contributed by atoms with Crippen LogP contribution in [0.5, 0.6) is 0 Å². The molecule has 0 aromatic carbocycles. The summed E-state index contributed by atoms with van der Waals surface area (Å²) in [6.07, 6.45) is 1.31. The van der Waals surface area contributed by atoms with Crippen LogP contribution in [0.4, 0.5) is 5.95 Å². The molecular weight excluding hydrogens is 388 g/mol. The summed E-state index contributed by atoms with van der Waals surface area (Å²) >= 11 is 8.77. The van der Waals surface area contributed by atoms with Gasteiger partial charge in [-0.15, -0.1) is 11.6 Å². The van der Waals surface area contributed by atoms with Gasteiger partial charge in [-0.25, -0.2) is 14.7 Å². The van der Waals surface area contributed by atoms with Gasteiger partial charge in [-0.05, 0) is 4.92 Å². The molecule has 1 unspecified atom stereocenters. The Morgan fingerprint density at radius 2 is 2.24 bits per heavy atom. The number of imidazole rings is 1. The summed E-state index contributed by atoms with van der Waals surface area (Å²) in [4.78, 5) is 13.8. The minimum absolute atomic E-state index is 0.0841. The van der Waals surface area contributed by atoms with Gasteiger partial charge in [0.2, 0.25) is 0 Å². The van der Waals surface area contributed by atoms with Crippen LogP contribution in [0.1, 0.15) is 5.69 Å². The standard InChI is InChI=1S/C9H16BrClN5O4P/c1-15-8(6-12-9(15)16(17)18)7-20-21(19,13-4-2-10)14-5-3-11/h6H,2-5,7H2,1H3,(H2,13,14,19). The number of halogens is 2. The topological polar surface area (TPSA) is 111 Å². The lowest BCUT2D eigenvalue weighted by atomic mass is 10.5. The molecule has 12 heteroatoms. The average Bonchev–Trinajstić information content (AvgIpc) is 2.82. The van der Waals surface area contributed by atoms with E-state index in [4.69, 9.17) is 16.1 Å². The van der Waals surface area contributed by atoms with E-state index >= 15 is 0 Å². The van der Waals surface area contributed by atoms with Gasteiger partial charge in [0.05, 0.1) is 7.05 Å². The monoisotopic (exact) mass is 403 g/mol. The first-order valence-corrected chi connectivity index (χ1v) is 9.23. The number of hydrogen-bond acceptors (Lipinski definition) is 5. The highest BCUT2D eigenvalue weighted by Crippen LogP contribution is 2.38. The van der Waals surface area contributed by atoms with E-state index in [0.29, 0.717) is 24.1 Å². The lowest BCUT2D eigenvalue weighted by Gasteiger charge is -2.19. The van der Waals surface area contributed by atoms with Crippen LogP contribution >= 0.6 is 35.2 Å². The smallest absolute Gasteiger partial charge is 0.390 e. The molecule has 0 aliphatic heterocycles. The Labute approximate surface area is 135 Å². The number of aromatic nitrogens is 2. The molecule has 1 heterocycles. The Hall–Kier alpha value is -0.510. The minimum Gasteiger partial charge on any atom is -0.390 e. The summed E-state index contributed by atoms with van der Waals surface area (Å²) in [5.41, 5.74) is 0.440. The highest BCUT2D eigenvalue weighted by atomic mass is 79.9. The van der Waals surface area contributed by atoms with Crippen LogP contribution in [0.15, 0.2) is 6.20 Å². The molecule has 21 heavy (non-hydrogen) atoms. The van der Waals surface area contributed by atoms with Crippen molar-refractivity contribution in [2.45, 2.75) is 6.61 Å². The van der Waals surface area contributed by atoms with E-state index in [-0.39, 0.29) is 18.4 Å². The molecule has 2 N–H and O–H groups in total. The molecule has 0 saturated heterocycles. The fourth-order valence-electron chi connectivity index (χ4n) is 1.42. The van der Waals surface area contributed by atoms with Gasteiger partial charge in [0.15, 0.2) is 0 Å². The Kier molecular flexibility index (Phi) is 7.78. The molecule has 9 nitrogen and oxygen atoms in total. The molecule has 0 radical (unpaired) electrons. The van der Waals surface area contributed by atoms with Gasteiger partial charge in [-0.2, -0.15) is 0 Å². The molecule has 1 aromatic heterocycles. The Balaban J connectivity index is 2.72. The Morgan fingerprint density at radius 3 is 2.76 bits per heavy atom. The molecule has 0 spiro atoms. The Bertz CT molecular complexity index is 516. The first-order valence-electron chi connectivity index (χ1n) is 5.95. The van der Waals surface area contributed by atoms with Crippen LogP contribution in [-0.4, -0.2) is 38.8 Å². The van der Waals surface area contributed by atoms with Crippen LogP contribution in [-0.2, 0) is 22.7 Å². The second-order valence-electron chi connectivity index (χ2n) is 3.88. The molecule has 1 atom stereocenters. The summed E-state index contributed by atoms with van der Waals surface area (Å²) in [6, 6.07) is 0. The zero-order valence-electron chi connectivity index (χ0n) is 11.3.